The minimum Gasteiger partial charge on any atom is -0.300 e. The summed E-state index contributed by atoms with van der Waals surface area (Å²) in [5.74, 6) is 0.0636. The van der Waals surface area contributed by atoms with Crippen molar-refractivity contribution in [3.8, 4) is 0 Å². The lowest BCUT2D eigenvalue weighted by molar-refractivity contribution is -0.117. The molecule has 5 heteroatoms. The van der Waals surface area contributed by atoms with Crippen LogP contribution in [0, 0.1) is 0 Å². The predicted molar refractivity (Wildman–Crippen MR) is 50.8 cm³/mol. The van der Waals surface area contributed by atoms with Crippen LogP contribution in [0.3, 0.4) is 0 Å². The lowest BCUT2D eigenvalue weighted by Gasteiger charge is -1.91. The van der Waals surface area contributed by atoms with Gasteiger partial charge in [-0.25, -0.2) is 0 Å². The summed E-state index contributed by atoms with van der Waals surface area (Å²) in [6.07, 6.45) is 0.876. The lowest BCUT2D eigenvalue weighted by Crippen LogP contribution is -1.99. The van der Waals surface area contributed by atoms with Crippen molar-refractivity contribution in [2.75, 3.05) is 13.3 Å². The van der Waals surface area contributed by atoms with Gasteiger partial charge in [-0.15, -0.1) is 0 Å². The Kier molecular flexibility index (Phi) is 5.44. The van der Waals surface area contributed by atoms with Crippen LogP contribution in [0.5, 0.6) is 0 Å². The zero-order valence-corrected chi connectivity index (χ0v) is 9.40. The Morgan fingerprint density at radius 3 is 1.92 bits per heavy atom. The first-order chi connectivity index (χ1) is 5.45. The summed E-state index contributed by atoms with van der Waals surface area (Å²) in [6.45, 7) is 4.62. The number of rotatable bonds is 5. The molecule has 0 saturated heterocycles. The van der Waals surface area contributed by atoms with E-state index in [2.05, 4.69) is 0 Å². The molecule has 2 unspecified atom stereocenters. The van der Waals surface area contributed by atoms with E-state index < -0.39 is 15.6 Å². The maximum absolute atomic E-state index is 11.1. The van der Waals surface area contributed by atoms with Crippen LogP contribution >= 0.6 is 15.6 Å². The highest BCUT2D eigenvalue weighted by atomic mass is 31.2. The van der Waals surface area contributed by atoms with Gasteiger partial charge in [-0.3, -0.25) is 0 Å². The van der Waals surface area contributed by atoms with Crippen molar-refractivity contribution in [2.24, 2.45) is 0 Å². The van der Waals surface area contributed by atoms with Crippen molar-refractivity contribution in [1.29, 1.82) is 0 Å². The fourth-order valence-electron chi connectivity index (χ4n) is 0.925. The topological polar surface area (TPSA) is 51.2 Å². The average molecular weight is 208 g/mol. The summed E-state index contributed by atoms with van der Waals surface area (Å²) in [4.78, 5) is 10.6. The molecule has 0 aliphatic rings. The first-order valence-electron chi connectivity index (χ1n) is 3.74. The Labute approximate surface area is 74.5 Å². The number of carbonyl (C=O) groups excluding carboxylic acids is 1. The summed E-state index contributed by atoms with van der Waals surface area (Å²) < 4.78 is 22.1. The van der Waals surface area contributed by atoms with E-state index >= 15 is 0 Å². The third kappa shape index (κ3) is 4.69. The van der Waals surface area contributed by atoms with E-state index in [4.69, 9.17) is 0 Å². The van der Waals surface area contributed by atoms with Crippen molar-refractivity contribution in [1.82, 2.24) is 0 Å². The van der Waals surface area contributed by atoms with Crippen LogP contribution in [0.15, 0.2) is 0 Å². The van der Waals surface area contributed by atoms with Gasteiger partial charge < -0.3 is 4.79 Å². The number of hydrogen-bond donors (Lipinski definition) is 0. The third-order valence-corrected chi connectivity index (χ3v) is 5.74. The van der Waals surface area contributed by atoms with Gasteiger partial charge in [0.15, 0.2) is 0 Å². The molecule has 12 heavy (non-hydrogen) atoms. The molecule has 0 spiro atoms. The molecule has 2 atom stereocenters. The Bertz CT molecular complexity index is 199. The lowest BCUT2D eigenvalue weighted by atomic mass is 10.2. The maximum Gasteiger partial charge on any atom is 0.389 e. The minimum absolute atomic E-state index is 0.0636. The standard InChI is InChI=1S/C7H14O3P2/c1-6(8)4-5-7(11(2)9)12(3)10/h7H,4-5H2,1-3H3/q+2. The van der Waals surface area contributed by atoms with Gasteiger partial charge in [0.2, 0.25) is 0 Å². The third-order valence-electron chi connectivity index (χ3n) is 1.59. The van der Waals surface area contributed by atoms with Crippen molar-refractivity contribution in [3.63, 3.8) is 0 Å². The molecule has 0 aromatic heterocycles. The van der Waals surface area contributed by atoms with E-state index in [1.165, 1.54) is 6.92 Å². The number of carbonyl (C=O) groups is 1. The molecule has 3 nitrogen and oxygen atoms in total. The van der Waals surface area contributed by atoms with E-state index in [0.29, 0.717) is 12.8 Å². The highest BCUT2D eigenvalue weighted by molar-refractivity contribution is 7.63. The van der Waals surface area contributed by atoms with Crippen molar-refractivity contribution < 1.29 is 13.9 Å². The fourth-order valence-corrected chi connectivity index (χ4v) is 3.74. The Morgan fingerprint density at radius 1 is 1.25 bits per heavy atom. The van der Waals surface area contributed by atoms with Gasteiger partial charge in [0.1, 0.15) is 19.1 Å². The second-order valence-electron chi connectivity index (χ2n) is 2.81. The van der Waals surface area contributed by atoms with Crippen LogP contribution in [0.2, 0.25) is 0 Å². The maximum atomic E-state index is 11.1. The molecule has 0 aromatic carbocycles. The van der Waals surface area contributed by atoms with Gasteiger partial charge in [0.05, 0.1) is 0 Å². The molecular weight excluding hydrogens is 194 g/mol. The summed E-state index contributed by atoms with van der Waals surface area (Å²) >= 11 is 0. The number of ketones is 1. The highest BCUT2D eigenvalue weighted by Gasteiger charge is 2.39. The molecule has 0 radical (unpaired) electrons. The molecule has 0 rings (SSSR count). The van der Waals surface area contributed by atoms with Gasteiger partial charge in [-0.2, -0.15) is 0 Å². The molecule has 68 valence electrons. The summed E-state index contributed by atoms with van der Waals surface area (Å²) in [5, 5.41) is -0.279. The Balaban J connectivity index is 4.06. The van der Waals surface area contributed by atoms with E-state index in [1.54, 1.807) is 13.3 Å². The van der Waals surface area contributed by atoms with Crippen LogP contribution in [0.1, 0.15) is 19.8 Å². The highest BCUT2D eigenvalue weighted by Crippen LogP contribution is 2.42. The molecule has 0 saturated carbocycles. The minimum atomic E-state index is -1.42. The summed E-state index contributed by atoms with van der Waals surface area (Å²) in [6, 6.07) is 0. The molecule has 0 aliphatic heterocycles. The van der Waals surface area contributed by atoms with Crippen molar-refractivity contribution in [2.45, 2.75) is 25.2 Å². The normalized spacial score (nSPS) is 15.2. The molecule has 0 amide bonds. The monoisotopic (exact) mass is 208 g/mol. The molecule has 0 fully saturated rings. The molecule has 0 bridgehead atoms. The van der Waals surface area contributed by atoms with Gasteiger partial charge in [-0.1, -0.05) is 9.13 Å². The van der Waals surface area contributed by atoms with Gasteiger partial charge in [-0.05, 0) is 6.92 Å². The van der Waals surface area contributed by atoms with Crippen LogP contribution in [0.25, 0.3) is 0 Å². The van der Waals surface area contributed by atoms with Crippen LogP contribution in [-0.4, -0.2) is 24.5 Å². The quantitative estimate of drug-likeness (QED) is 0.652. The largest absolute Gasteiger partial charge is 0.389 e. The van der Waals surface area contributed by atoms with Crippen molar-refractivity contribution in [3.05, 3.63) is 0 Å². The number of Topliss-reactive ketones (excluding diaryl/α,β-unsaturated/α-hetero) is 1. The Morgan fingerprint density at radius 2 is 1.67 bits per heavy atom. The smallest absolute Gasteiger partial charge is 0.300 e. The van der Waals surface area contributed by atoms with Crippen LogP contribution < -0.4 is 0 Å². The summed E-state index contributed by atoms with van der Waals surface area (Å²) in [7, 11) is -2.84. The van der Waals surface area contributed by atoms with Gasteiger partial charge in [0.25, 0.3) is 0 Å². The van der Waals surface area contributed by atoms with Crippen LogP contribution in [0.4, 0.5) is 0 Å². The second-order valence-corrected chi connectivity index (χ2v) is 6.65. The van der Waals surface area contributed by atoms with E-state index in [1.807, 2.05) is 0 Å². The Hall–Kier alpha value is -0.130. The van der Waals surface area contributed by atoms with Gasteiger partial charge in [0, 0.05) is 12.8 Å². The SMILES string of the molecule is CC(=O)CCC([P+](C)=O)[P+](C)=O. The van der Waals surface area contributed by atoms with Gasteiger partial charge >= 0.3 is 21.0 Å². The van der Waals surface area contributed by atoms with E-state index in [0.717, 1.165) is 0 Å². The molecule has 0 aliphatic carbocycles. The fraction of sp³-hybridized carbons (Fsp3) is 0.857. The molecular formula is C7H14O3P2+2. The van der Waals surface area contributed by atoms with E-state index in [-0.39, 0.29) is 11.2 Å². The molecule has 0 N–H and O–H groups in total. The average Bonchev–Trinajstić information content (AvgIpc) is 1.84. The zero-order valence-electron chi connectivity index (χ0n) is 7.61. The molecule has 0 heterocycles. The zero-order chi connectivity index (χ0) is 9.72. The predicted octanol–water partition coefficient (Wildman–Crippen LogP) is 2.60. The van der Waals surface area contributed by atoms with Crippen molar-refractivity contribution >= 4 is 21.4 Å². The first kappa shape index (κ1) is 11.9. The second kappa shape index (κ2) is 5.50. The van der Waals surface area contributed by atoms with E-state index in [9.17, 15) is 13.9 Å². The first-order valence-corrected chi connectivity index (χ1v) is 7.29. The van der Waals surface area contributed by atoms with Crippen LogP contribution in [-0.2, 0) is 13.9 Å². The summed E-state index contributed by atoms with van der Waals surface area (Å²) in [5.41, 5.74) is 0. The number of hydrogen-bond acceptors (Lipinski definition) is 3. The molecule has 0 aromatic rings.